The van der Waals surface area contributed by atoms with Crippen molar-refractivity contribution in [2.45, 2.75) is 83.8 Å². The largest absolute Gasteiger partial charge is 0.507 e. The molecule has 0 aliphatic heterocycles. The predicted molar refractivity (Wildman–Crippen MR) is 121 cm³/mol. The van der Waals surface area contributed by atoms with Crippen LogP contribution in [0.5, 0.6) is 5.75 Å². The minimum Gasteiger partial charge on any atom is -0.507 e. The van der Waals surface area contributed by atoms with E-state index in [0.29, 0.717) is 18.1 Å². The molecular weight excluding hydrogens is 358 g/mol. The zero-order chi connectivity index (χ0) is 20.8. The molecule has 0 saturated carbocycles. The highest BCUT2D eigenvalue weighted by Crippen LogP contribution is 2.35. The second kappa shape index (κ2) is 10.1. The molecular formula is C26H35NO2. The van der Waals surface area contributed by atoms with Crippen LogP contribution in [0.15, 0.2) is 41.4 Å². The number of fused-ring (bicyclic) bond motifs is 1. The average Bonchev–Trinajstić information content (AvgIpc) is 3.03. The first-order valence-electron chi connectivity index (χ1n) is 11.2. The van der Waals surface area contributed by atoms with Crippen LogP contribution in [0.1, 0.15) is 92.7 Å². The summed E-state index contributed by atoms with van der Waals surface area (Å²) in [4.78, 5) is 4.73. The number of phenols is 1. The van der Waals surface area contributed by atoms with E-state index in [0.717, 1.165) is 47.9 Å². The number of hydrogen-bond donors (Lipinski definition) is 2. The summed E-state index contributed by atoms with van der Waals surface area (Å²) in [5.41, 5.74) is 5.32. The van der Waals surface area contributed by atoms with Crippen LogP contribution in [0.2, 0.25) is 0 Å². The van der Waals surface area contributed by atoms with Gasteiger partial charge in [0.05, 0.1) is 6.10 Å². The molecule has 3 nitrogen and oxygen atoms in total. The highest BCUT2D eigenvalue weighted by atomic mass is 16.3. The molecule has 0 amide bonds. The van der Waals surface area contributed by atoms with Crippen LogP contribution in [-0.4, -0.2) is 22.5 Å². The zero-order valence-electron chi connectivity index (χ0n) is 18.1. The van der Waals surface area contributed by atoms with E-state index < -0.39 is 6.10 Å². The summed E-state index contributed by atoms with van der Waals surface area (Å²) < 4.78 is 0. The molecule has 2 aromatic carbocycles. The van der Waals surface area contributed by atoms with Gasteiger partial charge in [0, 0.05) is 18.2 Å². The Morgan fingerprint density at radius 1 is 1.14 bits per heavy atom. The van der Waals surface area contributed by atoms with Gasteiger partial charge in [-0.3, -0.25) is 4.99 Å². The fraction of sp³-hybridized carbons (Fsp3) is 0.500. The monoisotopic (exact) mass is 393 g/mol. The molecule has 156 valence electrons. The first kappa shape index (κ1) is 21.6. The van der Waals surface area contributed by atoms with Crippen LogP contribution < -0.4 is 0 Å². The summed E-state index contributed by atoms with van der Waals surface area (Å²) in [6.07, 6.45) is 8.49. The standard InChI is InChI=1S/C26H35NO2/c1-4-6-7-12-20-14-21(18(3)10-5-2)15-22(26(20)29)17-27-25-23-13-9-8-11-19(23)16-24(25)28/h8-9,11,13-15,17-18,24-25,28-29H,4-7,10,12,16H2,1-3H3/t18?,24-,25+/m0/s1. The number of hydrogen-bond acceptors (Lipinski definition) is 3. The number of aliphatic hydroxyl groups excluding tert-OH is 1. The quantitative estimate of drug-likeness (QED) is 0.399. The third-order valence-electron chi connectivity index (χ3n) is 6.12. The summed E-state index contributed by atoms with van der Waals surface area (Å²) in [7, 11) is 0. The van der Waals surface area contributed by atoms with Crippen LogP contribution >= 0.6 is 0 Å². The third-order valence-corrected chi connectivity index (χ3v) is 6.12. The minimum absolute atomic E-state index is 0.258. The molecule has 0 saturated heterocycles. The number of aromatic hydroxyl groups is 1. The Morgan fingerprint density at radius 2 is 1.93 bits per heavy atom. The van der Waals surface area contributed by atoms with Crippen LogP contribution in [0.3, 0.4) is 0 Å². The Hall–Kier alpha value is -2.13. The van der Waals surface area contributed by atoms with Crippen LogP contribution in [0.4, 0.5) is 0 Å². The molecule has 0 bridgehead atoms. The van der Waals surface area contributed by atoms with Crippen molar-refractivity contribution < 1.29 is 10.2 Å². The van der Waals surface area contributed by atoms with Gasteiger partial charge in [0.15, 0.2) is 0 Å². The highest BCUT2D eigenvalue weighted by Gasteiger charge is 2.29. The lowest BCUT2D eigenvalue weighted by Gasteiger charge is -2.16. The van der Waals surface area contributed by atoms with Gasteiger partial charge in [0.25, 0.3) is 0 Å². The fourth-order valence-electron chi connectivity index (χ4n) is 4.38. The van der Waals surface area contributed by atoms with Gasteiger partial charge in [-0.1, -0.05) is 70.4 Å². The molecule has 1 aliphatic rings. The molecule has 2 N–H and O–H groups in total. The number of phenolic OH excluding ortho intramolecular Hbond substituents is 1. The van der Waals surface area contributed by atoms with Gasteiger partial charge < -0.3 is 10.2 Å². The third kappa shape index (κ3) is 5.08. The van der Waals surface area contributed by atoms with E-state index in [4.69, 9.17) is 4.99 Å². The van der Waals surface area contributed by atoms with E-state index in [-0.39, 0.29) is 6.04 Å². The Kier molecular flexibility index (Phi) is 7.49. The van der Waals surface area contributed by atoms with E-state index in [1.807, 2.05) is 18.2 Å². The molecule has 2 aromatic rings. The second-order valence-electron chi connectivity index (χ2n) is 8.46. The van der Waals surface area contributed by atoms with Crippen molar-refractivity contribution in [3.05, 3.63) is 64.2 Å². The molecule has 0 heterocycles. The molecule has 29 heavy (non-hydrogen) atoms. The van der Waals surface area contributed by atoms with E-state index in [2.05, 4.69) is 39.0 Å². The number of unbranched alkanes of at least 4 members (excludes halogenated alkanes) is 2. The number of aryl methyl sites for hydroxylation is 1. The van der Waals surface area contributed by atoms with Crippen molar-refractivity contribution in [2.75, 3.05) is 0 Å². The maximum atomic E-state index is 10.9. The predicted octanol–water partition coefficient (Wildman–Crippen LogP) is 6.11. The number of benzene rings is 2. The number of nitrogens with zero attached hydrogens (tertiary/aromatic N) is 1. The van der Waals surface area contributed by atoms with E-state index in [9.17, 15) is 10.2 Å². The van der Waals surface area contributed by atoms with Crippen molar-refractivity contribution in [3.8, 4) is 5.75 Å². The SMILES string of the molecule is CCCCCc1cc(C(C)CCC)cc(C=N[C@@H]2c3ccccc3C[C@@H]2O)c1O. The molecule has 0 radical (unpaired) electrons. The van der Waals surface area contributed by atoms with Gasteiger partial charge in [0.1, 0.15) is 11.8 Å². The minimum atomic E-state index is -0.503. The van der Waals surface area contributed by atoms with E-state index in [1.165, 1.54) is 18.4 Å². The van der Waals surface area contributed by atoms with Gasteiger partial charge >= 0.3 is 0 Å². The lowest BCUT2D eigenvalue weighted by atomic mass is 9.91. The molecule has 1 unspecified atom stereocenters. The molecule has 0 fully saturated rings. The highest BCUT2D eigenvalue weighted by molar-refractivity contribution is 5.85. The van der Waals surface area contributed by atoms with Gasteiger partial charge in [-0.15, -0.1) is 0 Å². The molecule has 0 aromatic heterocycles. The van der Waals surface area contributed by atoms with Gasteiger partial charge in [-0.25, -0.2) is 0 Å². The first-order valence-corrected chi connectivity index (χ1v) is 11.2. The summed E-state index contributed by atoms with van der Waals surface area (Å²) in [5.74, 6) is 0.800. The van der Waals surface area contributed by atoms with Crippen molar-refractivity contribution >= 4 is 6.21 Å². The lowest BCUT2D eigenvalue weighted by Crippen LogP contribution is -2.11. The molecule has 0 spiro atoms. The number of rotatable bonds is 9. The number of aliphatic imine (C=N–C) groups is 1. The van der Waals surface area contributed by atoms with Gasteiger partial charge in [0.2, 0.25) is 0 Å². The first-order chi connectivity index (χ1) is 14.0. The Morgan fingerprint density at radius 3 is 2.69 bits per heavy atom. The Balaban J connectivity index is 1.91. The fourth-order valence-corrected chi connectivity index (χ4v) is 4.38. The Labute approximate surface area is 175 Å². The van der Waals surface area contributed by atoms with Crippen LogP contribution in [0, 0.1) is 0 Å². The van der Waals surface area contributed by atoms with Crippen molar-refractivity contribution in [1.82, 2.24) is 0 Å². The normalized spacial score (nSPS) is 19.6. The van der Waals surface area contributed by atoms with Gasteiger partial charge in [-0.05, 0) is 53.5 Å². The van der Waals surface area contributed by atoms with Crippen molar-refractivity contribution in [3.63, 3.8) is 0 Å². The summed E-state index contributed by atoms with van der Waals surface area (Å²) in [6, 6.07) is 12.1. The molecule has 3 atom stereocenters. The molecule has 3 heteroatoms. The summed E-state index contributed by atoms with van der Waals surface area (Å²) >= 11 is 0. The van der Waals surface area contributed by atoms with E-state index in [1.54, 1.807) is 6.21 Å². The topological polar surface area (TPSA) is 52.8 Å². The number of aliphatic hydroxyl groups is 1. The van der Waals surface area contributed by atoms with Gasteiger partial charge in [-0.2, -0.15) is 0 Å². The average molecular weight is 394 g/mol. The van der Waals surface area contributed by atoms with Crippen LogP contribution in [0.25, 0.3) is 0 Å². The Bertz CT molecular complexity index is 843. The lowest BCUT2D eigenvalue weighted by molar-refractivity contribution is 0.159. The van der Waals surface area contributed by atoms with E-state index >= 15 is 0 Å². The van der Waals surface area contributed by atoms with Crippen LogP contribution in [-0.2, 0) is 12.8 Å². The molecule has 1 aliphatic carbocycles. The maximum Gasteiger partial charge on any atom is 0.127 e. The summed E-state index contributed by atoms with van der Waals surface area (Å²) in [6.45, 7) is 6.66. The zero-order valence-corrected chi connectivity index (χ0v) is 18.1. The second-order valence-corrected chi connectivity index (χ2v) is 8.46. The summed E-state index contributed by atoms with van der Waals surface area (Å²) in [5, 5.41) is 21.4. The van der Waals surface area contributed by atoms with Crippen molar-refractivity contribution in [1.29, 1.82) is 0 Å². The maximum absolute atomic E-state index is 10.9. The molecule has 3 rings (SSSR count). The van der Waals surface area contributed by atoms with Crippen molar-refractivity contribution in [2.24, 2.45) is 4.99 Å². The smallest absolute Gasteiger partial charge is 0.127 e.